The van der Waals surface area contributed by atoms with E-state index in [1.807, 2.05) is 35.7 Å². The highest BCUT2D eigenvalue weighted by Gasteiger charge is 2.15. The van der Waals surface area contributed by atoms with Gasteiger partial charge in [-0.15, -0.1) is 11.3 Å². The molecule has 7 heteroatoms. The summed E-state index contributed by atoms with van der Waals surface area (Å²) in [4.78, 5) is 13.6. The molecule has 0 radical (unpaired) electrons. The number of benzene rings is 1. The summed E-state index contributed by atoms with van der Waals surface area (Å²) >= 11 is 1.55. The number of nitrogens with two attached hydrogens (primary N) is 1. The van der Waals surface area contributed by atoms with Crippen LogP contribution in [0.1, 0.15) is 17.5 Å². The summed E-state index contributed by atoms with van der Waals surface area (Å²) in [5.41, 5.74) is 10.1. The van der Waals surface area contributed by atoms with E-state index in [1.165, 1.54) is 5.56 Å². The lowest BCUT2D eigenvalue weighted by atomic mass is 10.1. The van der Waals surface area contributed by atoms with Crippen molar-refractivity contribution in [2.45, 2.75) is 18.9 Å². The molecule has 0 aliphatic rings. The number of rotatable bonds is 7. The van der Waals surface area contributed by atoms with Crippen molar-refractivity contribution >= 4 is 27.4 Å². The minimum atomic E-state index is -0.0550. The number of aromatic nitrogens is 3. The predicted octanol–water partition coefficient (Wildman–Crippen LogP) is 3.47. The van der Waals surface area contributed by atoms with Crippen LogP contribution in [0, 0.1) is 11.8 Å². The summed E-state index contributed by atoms with van der Waals surface area (Å²) in [7, 11) is 0. The van der Waals surface area contributed by atoms with Gasteiger partial charge >= 0.3 is 0 Å². The van der Waals surface area contributed by atoms with Crippen LogP contribution in [0.5, 0.6) is 0 Å². The molecule has 0 saturated heterocycles. The van der Waals surface area contributed by atoms with Crippen LogP contribution in [0.4, 0.5) is 5.82 Å². The number of anilines is 1. The number of thiophene rings is 1. The molecular weight excluding hydrogens is 406 g/mol. The molecule has 3 aromatic heterocycles. The number of pyridine rings is 1. The Balaban J connectivity index is 1.64. The fourth-order valence-corrected chi connectivity index (χ4v) is 4.09. The van der Waals surface area contributed by atoms with E-state index in [0.717, 1.165) is 33.6 Å². The Bertz CT molecular complexity index is 1200. The van der Waals surface area contributed by atoms with Crippen LogP contribution < -0.4 is 11.1 Å². The molecule has 0 aliphatic carbocycles. The van der Waals surface area contributed by atoms with Gasteiger partial charge in [-0.1, -0.05) is 42.2 Å². The first-order valence-corrected chi connectivity index (χ1v) is 11.0. The number of nitrogens with one attached hydrogen (secondary N) is 1. The monoisotopic (exact) mass is 429 g/mol. The van der Waals surface area contributed by atoms with Crippen LogP contribution in [-0.4, -0.2) is 39.3 Å². The summed E-state index contributed by atoms with van der Waals surface area (Å²) in [5, 5.41) is 14.4. The molecule has 0 spiro atoms. The quantitative estimate of drug-likeness (QED) is 0.389. The van der Waals surface area contributed by atoms with Crippen molar-refractivity contribution < 1.29 is 5.11 Å². The molecule has 0 aliphatic heterocycles. The van der Waals surface area contributed by atoms with Crippen LogP contribution in [-0.2, 0) is 6.42 Å². The summed E-state index contributed by atoms with van der Waals surface area (Å²) < 4.78 is 0.943. The molecule has 1 aromatic carbocycles. The molecule has 0 saturated carbocycles. The van der Waals surface area contributed by atoms with Gasteiger partial charge in [0.15, 0.2) is 5.82 Å². The highest BCUT2D eigenvalue weighted by atomic mass is 32.1. The topological polar surface area (TPSA) is 97.0 Å². The lowest BCUT2D eigenvalue weighted by Crippen LogP contribution is -2.31. The molecule has 0 amide bonds. The van der Waals surface area contributed by atoms with Crippen molar-refractivity contribution in [1.82, 2.24) is 15.0 Å². The van der Waals surface area contributed by atoms with Gasteiger partial charge in [-0.2, -0.15) is 0 Å². The molecule has 0 unspecified atom stereocenters. The van der Waals surface area contributed by atoms with Crippen molar-refractivity contribution in [3.05, 3.63) is 71.4 Å². The highest BCUT2D eigenvalue weighted by molar-refractivity contribution is 7.18. The molecule has 4 rings (SSSR count). The Labute approximate surface area is 185 Å². The average molecular weight is 430 g/mol. The fourth-order valence-electron chi connectivity index (χ4n) is 3.19. The smallest absolute Gasteiger partial charge is 0.162 e. The van der Waals surface area contributed by atoms with Gasteiger partial charge in [0.2, 0.25) is 0 Å². The van der Waals surface area contributed by atoms with E-state index < -0.39 is 0 Å². The molecule has 3 heterocycles. The second kappa shape index (κ2) is 10.1. The Kier molecular flexibility index (Phi) is 6.85. The predicted molar refractivity (Wildman–Crippen MR) is 126 cm³/mol. The highest BCUT2D eigenvalue weighted by Crippen LogP contribution is 2.32. The zero-order valence-corrected chi connectivity index (χ0v) is 17.8. The summed E-state index contributed by atoms with van der Waals surface area (Å²) in [6.45, 7) is 0.624. The Morgan fingerprint density at radius 3 is 2.68 bits per heavy atom. The molecule has 4 N–H and O–H groups in total. The average Bonchev–Trinajstić information content (AvgIpc) is 3.22. The zero-order chi connectivity index (χ0) is 21.5. The van der Waals surface area contributed by atoms with Gasteiger partial charge in [-0.3, -0.25) is 4.98 Å². The number of hydrogen-bond acceptors (Lipinski definition) is 7. The lowest BCUT2D eigenvalue weighted by molar-refractivity contribution is 0.305. The first-order chi connectivity index (χ1) is 15.2. The number of nitrogens with zero attached hydrogens (tertiary/aromatic N) is 3. The van der Waals surface area contributed by atoms with Crippen LogP contribution in [0.15, 0.2) is 60.2 Å². The Morgan fingerprint density at radius 2 is 1.90 bits per heavy atom. The number of fused-ring (bicyclic) bond motifs is 1. The molecule has 0 fully saturated rings. The SMILES string of the molecule is N[C@@H](CNc1nc(-c2ccncc2)nc2c(C#CCCO)csc12)Cc1ccccc1. The zero-order valence-electron chi connectivity index (χ0n) is 17.0. The van der Waals surface area contributed by atoms with Crippen LogP contribution >= 0.6 is 11.3 Å². The van der Waals surface area contributed by atoms with Crippen molar-refractivity contribution in [1.29, 1.82) is 0 Å². The van der Waals surface area contributed by atoms with Crippen LogP contribution in [0.25, 0.3) is 21.6 Å². The maximum absolute atomic E-state index is 9.02. The second-order valence-corrected chi connectivity index (χ2v) is 7.94. The largest absolute Gasteiger partial charge is 0.395 e. The number of aliphatic hydroxyl groups is 1. The van der Waals surface area contributed by atoms with Crippen LogP contribution in [0.3, 0.4) is 0 Å². The standard InChI is InChI=1S/C24H23N5OS/c25-20(14-17-6-2-1-3-7-17)15-27-24-22-21(19(16-31-22)8-4-5-13-30)28-23(29-24)18-9-11-26-12-10-18/h1-3,6-7,9-12,16,20,30H,5,13-15,25H2,(H,27,28,29)/t20-/m1/s1. The van der Waals surface area contributed by atoms with Gasteiger partial charge in [-0.05, 0) is 24.1 Å². The molecule has 6 nitrogen and oxygen atoms in total. The fraction of sp³-hybridized carbons (Fsp3) is 0.208. The van der Waals surface area contributed by atoms with Gasteiger partial charge in [0.05, 0.1) is 16.9 Å². The Hall–Kier alpha value is -3.31. The molecule has 1 atom stereocenters. The Morgan fingerprint density at radius 1 is 1.10 bits per heavy atom. The summed E-state index contributed by atoms with van der Waals surface area (Å²) in [5.74, 6) is 7.46. The van der Waals surface area contributed by atoms with E-state index >= 15 is 0 Å². The van der Waals surface area contributed by atoms with Crippen LogP contribution in [0.2, 0.25) is 0 Å². The molecule has 31 heavy (non-hydrogen) atoms. The third kappa shape index (κ3) is 5.25. The first-order valence-electron chi connectivity index (χ1n) is 10.1. The maximum atomic E-state index is 9.02. The normalized spacial score (nSPS) is 11.7. The molecule has 4 aromatic rings. The van der Waals surface area contributed by atoms with Gasteiger partial charge < -0.3 is 16.2 Å². The van der Waals surface area contributed by atoms with Crippen molar-refractivity contribution in [3.63, 3.8) is 0 Å². The second-order valence-electron chi connectivity index (χ2n) is 7.06. The van der Waals surface area contributed by atoms with Gasteiger partial charge in [0.1, 0.15) is 11.3 Å². The third-order valence-electron chi connectivity index (χ3n) is 4.69. The van der Waals surface area contributed by atoms with E-state index in [1.54, 1.807) is 23.7 Å². The molecular formula is C24H23N5OS. The number of hydrogen-bond donors (Lipinski definition) is 3. The van der Waals surface area contributed by atoms with E-state index in [9.17, 15) is 0 Å². The minimum Gasteiger partial charge on any atom is -0.395 e. The van der Waals surface area contributed by atoms with Gasteiger partial charge in [0, 0.05) is 42.3 Å². The first kappa shape index (κ1) is 20.9. The van der Waals surface area contributed by atoms with Crippen molar-refractivity contribution in [2.75, 3.05) is 18.5 Å². The number of aliphatic hydroxyl groups excluding tert-OH is 1. The van der Waals surface area contributed by atoms with Crippen molar-refractivity contribution in [2.24, 2.45) is 5.73 Å². The van der Waals surface area contributed by atoms with E-state index in [4.69, 9.17) is 20.8 Å². The van der Waals surface area contributed by atoms with E-state index in [0.29, 0.717) is 18.8 Å². The molecule has 156 valence electrons. The minimum absolute atomic E-state index is 0.0401. The van der Waals surface area contributed by atoms with E-state index in [2.05, 4.69) is 34.3 Å². The van der Waals surface area contributed by atoms with Gasteiger partial charge in [0.25, 0.3) is 0 Å². The van der Waals surface area contributed by atoms with Gasteiger partial charge in [-0.25, -0.2) is 9.97 Å². The summed E-state index contributed by atoms with van der Waals surface area (Å²) in [6, 6.07) is 13.9. The molecule has 0 bridgehead atoms. The summed E-state index contributed by atoms with van der Waals surface area (Å²) in [6.07, 6.45) is 4.66. The lowest BCUT2D eigenvalue weighted by Gasteiger charge is -2.14. The third-order valence-corrected chi connectivity index (χ3v) is 5.66. The van der Waals surface area contributed by atoms with Crippen molar-refractivity contribution in [3.8, 4) is 23.2 Å². The van der Waals surface area contributed by atoms with E-state index in [-0.39, 0.29) is 12.6 Å². The maximum Gasteiger partial charge on any atom is 0.162 e.